The highest BCUT2D eigenvalue weighted by atomic mass is 35.5. The van der Waals surface area contributed by atoms with Gasteiger partial charge in [-0.15, -0.1) is 0 Å². The SMILES string of the molecule is O=C(c1cccc(N2CCCC2)c1)N1CCc2[nH]cnc2C1c1ccc(Cl)cc1. The van der Waals surface area contributed by atoms with Crippen LogP contribution in [0, 0.1) is 0 Å². The fourth-order valence-electron chi connectivity index (χ4n) is 4.45. The second-order valence-corrected chi connectivity index (χ2v) is 8.15. The Hall–Kier alpha value is -2.79. The Kier molecular flexibility index (Phi) is 4.76. The molecule has 2 aromatic carbocycles. The van der Waals surface area contributed by atoms with Crippen LogP contribution in [0.1, 0.15) is 46.2 Å². The predicted molar refractivity (Wildman–Crippen MR) is 115 cm³/mol. The van der Waals surface area contributed by atoms with Gasteiger partial charge in [-0.05, 0) is 48.7 Å². The van der Waals surface area contributed by atoms with Gasteiger partial charge in [0.05, 0.1) is 12.0 Å². The van der Waals surface area contributed by atoms with Gasteiger partial charge < -0.3 is 14.8 Å². The number of carbonyl (C=O) groups excluding carboxylic acids is 1. The standard InChI is InChI=1S/C23H23ClN4O/c24-18-8-6-16(7-9-18)22-21-20(25-15-26-21)10-13-28(22)23(29)17-4-3-5-19(14-17)27-11-1-2-12-27/h3-9,14-15,22H,1-2,10-13H2,(H,25,26). The van der Waals surface area contributed by atoms with Gasteiger partial charge in [-0.25, -0.2) is 4.98 Å². The molecule has 0 bridgehead atoms. The summed E-state index contributed by atoms with van der Waals surface area (Å²) >= 11 is 6.10. The number of hydrogen-bond donors (Lipinski definition) is 1. The van der Waals surface area contributed by atoms with Crippen molar-refractivity contribution in [1.29, 1.82) is 0 Å². The second kappa shape index (κ2) is 7.56. The van der Waals surface area contributed by atoms with Crippen LogP contribution in [0.25, 0.3) is 0 Å². The number of aromatic nitrogens is 2. The number of anilines is 1. The first kappa shape index (κ1) is 18.3. The van der Waals surface area contributed by atoms with Crippen LogP contribution in [0.3, 0.4) is 0 Å². The zero-order valence-corrected chi connectivity index (χ0v) is 16.9. The van der Waals surface area contributed by atoms with E-state index in [1.807, 2.05) is 47.4 Å². The van der Waals surface area contributed by atoms with Crippen LogP contribution < -0.4 is 4.90 Å². The van der Waals surface area contributed by atoms with Crippen LogP contribution in [0.2, 0.25) is 5.02 Å². The van der Waals surface area contributed by atoms with E-state index in [0.717, 1.165) is 47.7 Å². The molecule has 1 aromatic heterocycles. The van der Waals surface area contributed by atoms with Gasteiger partial charge in [0.2, 0.25) is 0 Å². The highest BCUT2D eigenvalue weighted by molar-refractivity contribution is 6.30. The lowest BCUT2D eigenvalue weighted by Crippen LogP contribution is -2.40. The van der Waals surface area contributed by atoms with Gasteiger partial charge in [0.25, 0.3) is 5.91 Å². The average Bonchev–Trinajstić information content (AvgIpc) is 3.45. The van der Waals surface area contributed by atoms with E-state index < -0.39 is 0 Å². The Morgan fingerprint density at radius 3 is 2.66 bits per heavy atom. The van der Waals surface area contributed by atoms with E-state index in [1.165, 1.54) is 12.8 Å². The summed E-state index contributed by atoms with van der Waals surface area (Å²) in [5.74, 6) is 0.0413. The lowest BCUT2D eigenvalue weighted by Gasteiger charge is -2.35. The maximum absolute atomic E-state index is 13.6. The number of hydrogen-bond acceptors (Lipinski definition) is 3. The summed E-state index contributed by atoms with van der Waals surface area (Å²) in [6, 6.07) is 15.5. The first-order valence-electron chi connectivity index (χ1n) is 10.1. The minimum atomic E-state index is -0.217. The topological polar surface area (TPSA) is 52.2 Å². The molecule has 2 aliphatic heterocycles. The van der Waals surface area contributed by atoms with Gasteiger partial charge in [0, 0.05) is 48.0 Å². The lowest BCUT2D eigenvalue weighted by molar-refractivity contribution is 0.0690. The average molecular weight is 407 g/mol. The van der Waals surface area contributed by atoms with Crippen molar-refractivity contribution in [2.45, 2.75) is 25.3 Å². The highest BCUT2D eigenvalue weighted by Gasteiger charge is 2.34. The van der Waals surface area contributed by atoms with Gasteiger partial charge in [-0.2, -0.15) is 0 Å². The second-order valence-electron chi connectivity index (χ2n) is 7.71. The molecule has 0 radical (unpaired) electrons. The van der Waals surface area contributed by atoms with Gasteiger partial charge in [0.15, 0.2) is 0 Å². The van der Waals surface area contributed by atoms with Crippen LogP contribution in [-0.2, 0) is 6.42 Å². The zero-order chi connectivity index (χ0) is 19.8. The Labute approximate surface area is 175 Å². The van der Waals surface area contributed by atoms with E-state index in [4.69, 9.17) is 11.6 Å². The molecule has 29 heavy (non-hydrogen) atoms. The van der Waals surface area contributed by atoms with Crippen molar-refractivity contribution in [3.05, 3.63) is 82.4 Å². The van der Waals surface area contributed by atoms with Crippen molar-refractivity contribution in [1.82, 2.24) is 14.9 Å². The fourth-order valence-corrected chi connectivity index (χ4v) is 4.58. The molecule has 2 aliphatic rings. The number of carbonyl (C=O) groups is 1. The van der Waals surface area contributed by atoms with E-state index in [2.05, 4.69) is 20.9 Å². The Morgan fingerprint density at radius 2 is 1.86 bits per heavy atom. The van der Waals surface area contributed by atoms with Gasteiger partial charge in [0.1, 0.15) is 6.04 Å². The number of benzene rings is 2. The smallest absolute Gasteiger partial charge is 0.254 e. The van der Waals surface area contributed by atoms with Gasteiger partial charge in [-0.1, -0.05) is 29.8 Å². The highest BCUT2D eigenvalue weighted by Crippen LogP contribution is 2.35. The van der Waals surface area contributed by atoms with Crippen molar-refractivity contribution in [2.24, 2.45) is 0 Å². The number of aromatic amines is 1. The fraction of sp³-hybridized carbons (Fsp3) is 0.304. The summed E-state index contributed by atoms with van der Waals surface area (Å²) in [5, 5.41) is 0.683. The summed E-state index contributed by atoms with van der Waals surface area (Å²) in [7, 11) is 0. The largest absolute Gasteiger partial charge is 0.372 e. The Morgan fingerprint density at radius 1 is 1.07 bits per heavy atom. The molecule has 1 fully saturated rings. The summed E-state index contributed by atoms with van der Waals surface area (Å²) in [5.41, 5.74) is 4.90. The lowest BCUT2D eigenvalue weighted by atomic mass is 9.94. The molecule has 1 amide bonds. The quantitative estimate of drug-likeness (QED) is 0.699. The number of fused-ring (bicyclic) bond motifs is 1. The normalized spacial score (nSPS) is 18.7. The summed E-state index contributed by atoms with van der Waals surface area (Å²) in [6.45, 7) is 2.77. The van der Waals surface area contributed by atoms with E-state index in [9.17, 15) is 4.79 Å². The first-order chi connectivity index (χ1) is 14.2. The molecule has 0 aliphatic carbocycles. The molecule has 0 spiro atoms. The molecule has 1 saturated heterocycles. The molecule has 0 saturated carbocycles. The van der Waals surface area contributed by atoms with Crippen LogP contribution >= 0.6 is 11.6 Å². The molecule has 1 N–H and O–H groups in total. The number of H-pyrrole nitrogens is 1. The van der Waals surface area contributed by atoms with Crippen molar-refractivity contribution in [2.75, 3.05) is 24.5 Å². The third-order valence-corrected chi connectivity index (χ3v) is 6.19. The maximum atomic E-state index is 13.6. The molecular formula is C23H23ClN4O. The van der Waals surface area contributed by atoms with Crippen molar-refractivity contribution >= 4 is 23.2 Å². The molecule has 1 atom stereocenters. The van der Waals surface area contributed by atoms with E-state index in [0.29, 0.717) is 11.6 Å². The number of halogens is 1. The van der Waals surface area contributed by atoms with Crippen LogP contribution in [-0.4, -0.2) is 40.4 Å². The third kappa shape index (κ3) is 3.40. The number of rotatable bonds is 3. The molecule has 3 heterocycles. The maximum Gasteiger partial charge on any atom is 0.254 e. The monoisotopic (exact) mass is 406 g/mol. The van der Waals surface area contributed by atoms with Crippen molar-refractivity contribution in [3.8, 4) is 0 Å². The number of nitrogens with one attached hydrogen (secondary N) is 1. The van der Waals surface area contributed by atoms with E-state index in [1.54, 1.807) is 6.33 Å². The third-order valence-electron chi connectivity index (χ3n) is 5.94. The molecule has 148 valence electrons. The molecule has 5 nitrogen and oxygen atoms in total. The summed E-state index contributed by atoms with van der Waals surface area (Å²) in [4.78, 5) is 25.7. The van der Waals surface area contributed by atoms with E-state index in [-0.39, 0.29) is 11.9 Å². The van der Waals surface area contributed by atoms with Crippen LogP contribution in [0.15, 0.2) is 54.9 Å². The van der Waals surface area contributed by atoms with Crippen molar-refractivity contribution in [3.63, 3.8) is 0 Å². The molecule has 6 heteroatoms. The van der Waals surface area contributed by atoms with Gasteiger partial charge >= 0.3 is 0 Å². The summed E-state index contributed by atoms with van der Waals surface area (Å²) < 4.78 is 0. The van der Waals surface area contributed by atoms with Crippen LogP contribution in [0.4, 0.5) is 5.69 Å². The van der Waals surface area contributed by atoms with Gasteiger partial charge in [-0.3, -0.25) is 4.79 Å². The molecular weight excluding hydrogens is 384 g/mol. The first-order valence-corrected chi connectivity index (χ1v) is 10.5. The number of amides is 1. The Balaban J connectivity index is 1.51. The minimum absolute atomic E-state index is 0.0413. The zero-order valence-electron chi connectivity index (χ0n) is 16.1. The number of nitrogens with zero attached hydrogens (tertiary/aromatic N) is 3. The minimum Gasteiger partial charge on any atom is -0.372 e. The number of imidazole rings is 1. The molecule has 5 rings (SSSR count). The molecule has 1 unspecified atom stereocenters. The summed E-state index contributed by atoms with van der Waals surface area (Å²) in [6.07, 6.45) is 4.92. The van der Waals surface area contributed by atoms with E-state index >= 15 is 0 Å². The Bertz CT molecular complexity index is 1020. The van der Waals surface area contributed by atoms with Crippen LogP contribution in [0.5, 0.6) is 0 Å². The molecule has 3 aromatic rings. The van der Waals surface area contributed by atoms with Crippen molar-refractivity contribution < 1.29 is 4.79 Å². The predicted octanol–water partition coefficient (Wildman–Crippen LogP) is 4.45.